The van der Waals surface area contributed by atoms with Gasteiger partial charge in [-0.25, -0.2) is 0 Å². The number of hydrogen-bond acceptors (Lipinski definition) is 6. The van der Waals surface area contributed by atoms with Crippen LogP contribution in [0.3, 0.4) is 0 Å². The van der Waals surface area contributed by atoms with E-state index >= 15 is 0 Å². The molecule has 0 saturated carbocycles. The van der Waals surface area contributed by atoms with Crippen LogP contribution in [0.5, 0.6) is 0 Å². The van der Waals surface area contributed by atoms with Crippen LogP contribution in [-0.4, -0.2) is 62.3 Å². The van der Waals surface area contributed by atoms with Gasteiger partial charge in [-0.3, -0.25) is 0 Å². The van der Waals surface area contributed by atoms with Gasteiger partial charge in [-0.05, 0) is 6.42 Å². The van der Waals surface area contributed by atoms with Crippen molar-refractivity contribution in [2.45, 2.75) is 108 Å². The number of aliphatic hydroxyl groups is 5. The van der Waals surface area contributed by atoms with E-state index in [0.717, 1.165) is 19.3 Å². The lowest BCUT2D eigenvalue weighted by atomic mass is 9.89. The number of ether oxygens (including phenoxy) is 1. The lowest BCUT2D eigenvalue weighted by Crippen LogP contribution is -2.65. The highest BCUT2D eigenvalue weighted by atomic mass is 16.7. The van der Waals surface area contributed by atoms with Crippen molar-refractivity contribution in [3.05, 3.63) is 0 Å². The third-order valence-electron chi connectivity index (χ3n) is 4.94. The Hall–Kier alpha value is -0.240. The molecule has 5 N–H and O–H groups in total. The smallest absolute Gasteiger partial charge is 0.195 e. The second-order valence-electron chi connectivity index (χ2n) is 7.04. The molecule has 24 heavy (non-hydrogen) atoms. The molecule has 144 valence electrons. The Balaban J connectivity index is 2.19. The molecule has 0 spiro atoms. The molecule has 0 aromatic heterocycles. The van der Waals surface area contributed by atoms with Gasteiger partial charge < -0.3 is 30.3 Å². The molecule has 0 bridgehead atoms. The van der Waals surface area contributed by atoms with Crippen molar-refractivity contribution in [1.82, 2.24) is 0 Å². The Morgan fingerprint density at radius 2 is 1.29 bits per heavy atom. The largest absolute Gasteiger partial charge is 0.394 e. The molecule has 1 saturated heterocycles. The molecule has 1 aliphatic rings. The molecule has 0 radical (unpaired) electrons. The predicted octanol–water partition coefficient (Wildman–Crippen LogP) is 1.46. The molecule has 6 nitrogen and oxygen atoms in total. The van der Waals surface area contributed by atoms with Gasteiger partial charge in [0.25, 0.3) is 0 Å². The van der Waals surface area contributed by atoms with Gasteiger partial charge in [0.05, 0.1) is 6.61 Å². The summed E-state index contributed by atoms with van der Waals surface area (Å²) in [4.78, 5) is 0. The molecule has 5 atom stereocenters. The Bertz CT molecular complexity index is 325. The van der Waals surface area contributed by atoms with Gasteiger partial charge in [-0.1, -0.05) is 64.7 Å². The second-order valence-corrected chi connectivity index (χ2v) is 7.04. The average Bonchev–Trinajstić information content (AvgIpc) is 2.58. The first kappa shape index (κ1) is 21.8. The molecule has 1 fully saturated rings. The molecule has 6 heteroatoms. The monoisotopic (exact) mass is 348 g/mol. The van der Waals surface area contributed by atoms with Crippen LogP contribution in [0.25, 0.3) is 0 Å². The lowest BCUT2D eigenvalue weighted by Gasteiger charge is -2.45. The van der Waals surface area contributed by atoms with Crippen LogP contribution in [0.15, 0.2) is 0 Å². The van der Waals surface area contributed by atoms with E-state index in [1.807, 2.05) is 0 Å². The highest BCUT2D eigenvalue weighted by Gasteiger charge is 2.51. The summed E-state index contributed by atoms with van der Waals surface area (Å²) in [6.45, 7) is 1.69. The Morgan fingerprint density at radius 1 is 0.792 bits per heavy atom. The third kappa shape index (κ3) is 6.58. The van der Waals surface area contributed by atoms with E-state index in [4.69, 9.17) is 9.84 Å². The van der Waals surface area contributed by atoms with E-state index in [0.29, 0.717) is 6.42 Å². The topological polar surface area (TPSA) is 110 Å². The molecular weight excluding hydrogens is 312 g/mol. The summed E-state index contributed by atoms with van der Waals surface area (Å²) in [5.74, 6) is -1.91. The zero-order chi connectivity index (χ0) is 18.0. The van der Waals surface area contributed by atoms with Gasteiger partial charge in [-0.2, -0.15) is 0 Å². The Kier molecular flexibility index (Phi) is 10.3. The molecule has 1 heterocycles. The van der Waals surface area contributed by atoms with Crippen molar-refractivity contribution < 1.29 is 30.3 Å². The van der Waals surface area contributed by atoms with Gasteiger partial charge in [0, 0.05) is 6.42 Å². The normalized spacial score (nSPS) is 33.8. The van der Waals surface area contributed by atoms with Gasteiger partial charge >= 0.3 is 0 Å². The predicted molar refractivity (Wildman–Crippen MR) is 91.4 cm³/mol. The number of aliphatic hydroxyl groups excluding tert-OH is 4. The number of rotatable bonds is 12. The standard InChI is InChI=1S/C18H36O6/c1-2-3-4-5-6-7-8-9-10-11-12-18(23)17(22)16(21)15(20)14(13-19)24-18/h14-17,19-23H,2-13H2,1H3/t14-,15-,16+,17-,18+/m1/s1. The first-order chi connectivity index (χ1) is 11.5. The molecule has 1 aliphatic heterocycles. The van der Waals surface area contributed by atoms with Gasteiger partial charge in [-0.15, -0.1) is 0 Å². The Morgan fingerprint density at radius 3 is 1.79 bits per heavy atom. The van der Waals surface area contributed by atoms with Crippen LogP contribution >= 0.6 is 0 Å². The summed E-state index contributed by atoms with van der Waals surface area (Å²) < 4.78 is 5.25. The van der Waals surface area contributed by atoms with Gasteiger partial charge in [0.2, 0.25) is 0 Å². The van der Waals surface area contributed by atoms with E-state index < -0.39 is 36.8 Å². The summed E-state index contributed by atoms with van der Waals surface area (Å²) in [7, 11) is 0. The van der Waals surface area contributed by atoms with Gasteiger partial charge in [0.15, 0.2) is 5.79 Å². The number of hydrogen-bond donors (Lipinski definition) is 5. The first-order valence-corrected chi connectivity index (χ1v) is 9.51. The van der Waals surface area contributed by atoms with Crippen molar-refractivity contribution >= 4 is 0 Å². The van der Waals surface area contributed by atoms with Crippen molar-refractivity contribution in [3.8, 4) is 0 Å². The van der Waals surface area contributed by atoms with Crippen LogP contribution in [0.2, 0.25) is 0 Å². The summed E-state index contributed by atoms with van der Waals surface area (Å²) in [5.41, 5.74) is 0. The van der Waals surface area contributed by atoms with E-state index in [9.17, 15) is 20.4 Å². The van der Waals surface area contributed by atoms with Crippen LogP contribution in [-0.2, 0) is 4.74 Å². The molecule has 0 aliphatic carbocycles. The minimum atomic E-state index is -1.91. The maximum atomic E-state index is 10.4. The van der Waals surface area contributed by atoms with E-state index in [1.165, 1.54) is 38.5 Å². The molecule has 0 aromatic rings. The summed E-state index contributed by atoms with van der Waals surface area (Å²) in [5, 5.41) is 49.0. The fourth-order valence-corrected chi connectivity index (χ4v) is 3.29. The van der Waals surface area contributed by atoms with Crippen LogP contribution in [0.1, 0.15) is 77.6 Å². The minimum Gasteiger partial charge on any atom is -0.394 e. The van der Waals surface area contributed by atoms with E-state index in [1.54, 1.807) is 0 Å². The molecular formula is C18H36O6. The quantitative estimate of drug-likeness (QED) is 0.342. The maximum Gasteiger partial charge on any atom is 0.195 e. The fraction of sp³-hybridized carbons (Fsp3) is 1.00. The van der Waals surface area contributed by atoms with Crippen molar-refractivity contribution in [2.75, 3.05) is 6.61 Å². The zero-order valence-corrected chi connectivity index (χ0v) is 14.9. The van der Waals surface area contributed by atoms with Crippen molar-refractivity contribution in [2.24, 2.45) is 0 Å². The molecule has 0 aromatic carbocycles. The molecule has 0 unspecified atom stereocenters. The summed E-state index contributed by atoms with van der Waals surface area (Å²) in [6, 6.07) is 0. The van der Waals surface area contributed by atoms with E-state index in [-0.39, 0.29) is 6.42 Å². The van der Waals surface area contributed by atoms with E-state index in [2.05, 4.69) is 6.92 Å². The van der Waals surface area contributed by atoms with Crippen LogP contribution in [0.4, 0.5) is 0 Å². The van der Waals surface area contributed by atoms with Crippen molar-refractivity contribution in [3.63, 3.8) is 0 Å². The first-order valence-electron chi connectivity index (χ1n) is 9.51. The zero-order valence-electron chi connectivity index (χ0n) is 14.9. The lowest BCUT2D eigenvalue weighted by molar-refractivity contribution is -0.351. The molecule has 1 rings (SSSR count). The highest BCUT2D eigenvalue weighted by molar-refractivity contribution is 4.95. The second kappa shape index (κ2) is 11.4. The van der Waals surface area contributed by atoms with Crippen LogP contribution in [0, 0.1) is 0 Å². The third-order valence-corrected chi connectivity index (χ3v) is 4.94. The summed E-state index contributed by atoms with van der Waals surface area (Å²) in [6.07, 6.45) is 6.07. The van der Waals surface area contributed by atoms with Crippen molar-refractivity contribution in [1.29, 1.82) is 0 Å². The average molecular weight is 348 g/mol. The van der Waals surface area contributed by atoms with Crippen LogP contribution < -0.4 is 0 Å². The Labute approximate surface area is 145 Å². The SMILES string of the molecule is CCCCCCCCCCCC[C@]1(O)O[C@H](CO)[C@@H](O)[C@H](O)[C@H]1O. The molecule has 0 amide bonds. The van der Waals surface area contributed by atoms with Gasteiger partial charge in [0.1, 0.15) is 24.4 Å². The fourth-order valence-electron chi connectivity index (χ4n) is 3.29. The number of unbranched alkanes of at least 4 members (excludes halogenated alkanes) is 9. The highest BCUT2D eigenvalue weighted by Crippen LogP contribution is 2.32. The minimum absolute atomic E-state index is 0.172. The summed E-state index contributed by atoms with van der Waals surface area (Å²) >= 11 is 0. The maximum absolute atomic E-state index is 10.4.